The third-order valence-corrected chi connectivity index (χ3v) is 4.58. The number of hydrogen-bond acceptors (Lipinski definition) is 6. The van der Waals surface area contributed by atoms with Crippen LogP contribution in [0.2, 0.25) is 0 Å². The molecule has 0 amide bonds. The molecule has 0 bridgehead atoms. The molecule has 4 rings (SSSR count). The summed E-state index contributed by atoms with van der Waals surface area (Å²) in [4.78, 5) is 21.5. The maximum absolute atomic E-state index is 12.2. The number of aromatic nitrogens is 5. The summed E-state index contributed by atoms with van der Waals surface area (Å²) in [7, 11) is 1.62. The van der Waals surface area contributed by atoms with Crippen molar-refractivity contribution in [3.05, 3.63) is 40.7 Å². The van der Waals surface area contributed by atoms with Crippen molar-refractivity contribution >= 4 is 22.5 Å². The van der Waals surface area contributed by atoms with E-state index in [1.807, 2.05) is 6.07 Å². The summed E-state index contributed by atoms with van der Waals surface area (Å²) in [5, 5.41) is 10.2. The number of fused-ring (bicyclic) bond motifs is 1. The fourth-order valence-electron chi connectivity index (χ4n) is 2.89. The van der Waals surface area contributed by atoms with E-state index >= 15 is 0 Å². The van der Waals surface area contributed by atoms with Crippen molar-refractivity contribution in [3.8, 4) is 0 Å². The molecule has 3 aromatic rings. The first-order valence-corrected chi connectivity index (χ1v) is 8.42. The summed E-state index contributed by atoms with van der Waals surface area (Å²) < 4.78 is 6.63. The van der Waals surface area contributed by atoms with Gasteiger partial charge < -0.3 is 14.6 Å². The van der Waals surface area contributed by atoms with Crippen LogP contribution in [-0.4, -0.2) is 38.4 Å². The molecule has 8 nitrogen and oxygen atoms in total. The third kappa shape index (κ3) is 3.12. The molecule has 1 aliphatic carbocycles. The molecule has 1 saturated carbocycles. The fourth-order valence-corrected chi connectivity index (χ4v) is 2.89. The van der Waals surface area contributed by atoms with E-state index in [1.54, 1.807) is 30.1 Å². The first kappa shape index (κ1) is 15.8. The van der Waals surface area contributed by atoms with Crippen LogP contribution in [0.15, 0.2) is 29.3 Å². The van der Waals surface area contributed by atoms with Crippen LogP contribution in [0, 0.1) is 0 Å². The second-order valence-electron chi connectivity index (χ2n) is 6.25. The number of pyridine rings is 1. The van der Waals surface area contributed by atoms with Gasteiger partial charge >= 0.3 is 0 Å². The molecule has 1 aliphatic rings. The highest BCUT2D eigenvalue weighted by molar-refractivity contribution is 5.86. The summed E-state index contributed by atoms with van der Waals surface area (Å²) in [6.07, 6.45) is 6.92. The number of nitrogens with one attached hydrogen (secondary N) is 2. The third-order valence-electron chi connectivity index (χ3n) is 4.58. The smallest absolute Gasteiger partial charge is 0.252 e. The Morgan fingerprint density at radius 2 is 2.28 bits per heavy atom. The highest BCUT2D eigenvalue weighted by atomic mass is 16.5. The van der Waals surface area contributed by atoms with Gasteiger partial charge in [-0.05, 0) is 18.9 Å². The van der Waals surface area contributed by atoms with Gasteiger partial charge in [0.2, 0.25) is 0 Å². The Labute approximate surface area is 144 Å². The number of nitrogens with zero attached hydrogens (tertiary/aromatic N) is 4. The van der Waals surface area contributed by atoms with E-state index in [4.69, 9.17) is 4.74 Å². The first-order valence-electron chi connectivity index (χ1n) is 8.42. The van der Waals surface area contributed by atoms with Gasteiger partial charge in [-0.25, -0.2) is 9.97 Å². The molecule has 130 valence electrons. The van der Waals surface area contributed by atoms with Crippen molar-refractivity contribution in [1.82, 2.24) is 24.7 Å². The summed E-state index contributed by atoms with van der Waals surface area (Å²) in [5.74, 6) is 1.91. The van der Waals surface area contributed by atoms with Crippen molar-refractivity contribution in [2.75, 3.05) is 19.0 Å². The zero-order valence-electron chi connectivity index (χ0n) is 14.0. The van der Waals surface area contributed by atoms with Crippen molar-refractivity contribution in [3.63, 3.8) is 0 Å². The maximum Gasteiger partial charge on any atom is 0.252 e. The minimum absolute atomic E-state index is 0.0869. The zero-order valence-corrected chi connectivity index (χ0v) is 14.0. The lowest BCUT2D eigenvalue weighted by Crippen LogP contribution is -2.21. The number of aromatic amines is 1. The standard InChI is InChI=1S/C17H20N6O2/c1-25-8-7-23-6-5-12(9-14(23)24)19-17-15-13(10-18-22-15)20-16(21-17)11-3-2-4-11/h5-6,9-11H,2-4,7-8H2,1H3,(H,18,22)(H,19,20,21). The number of H-pyrrole nitrogens is 1. The minimum Gasteiger partial charge on any atom is -0.383 e. The van der Waals surface area contributed by atoms with E-state index in [1.165, 1.54) is 6.42 Å². The van der Waals surface area contributed by atoms with Crippen molar-refractivity contribution in [2.45, 2.75) is 31.7 Å². The van der Waals surface area contributed by atoms with E-state index in [9.17, 15) is 4.79 Å². The van der Waals surface area contributed by atoms with Crippen LogP contribution in [0.3, 0.4) is 0 Å². The molecular weight excluding hydrogens is 320 g/mol. The molecule has 0 aromatic carbocycles. The molecule has 1 fully saturated rings. The van der Waals surface area contributed by atoms with Crippen LogP contribution in [0.1, 0.15) is 31.0 Å². The Morgan fingerprint density at radius 3 is 3.00 bits per heavy atom. The summed E-state index contributed by atoms with van der Waals surface area (Å²) in [6, 6.07) is 3.41. The van der Waals surface area contributed by atoms with Gasteiger partial charge in [0.05, 0.1) is 12.8 Å². The SMILES string of the molecule is COCCn1ccc(Nc2nc(C3CCC3)nc3cn[nH]c23)cc1=O. The van der Waals surface area contributed by atoms with Gasteiger partial charge in [-0.2, -0.15) is 5.10 Å². The Kier molecular flexibility index (Phi) is 4.19. The number of anilines is 2. The molecule has 8 heteroatoms. The molecule has 0 unspecified atom stereocenters. The Hall–Kier alpha value is -2.74. The van der Waals surface area contributed by atoms with E-state index < -0.39 is 0 Å². The average molecular weight is 340 g/mol. The van der Waals surface area contributed by atoms with Gasteiger partial charge in [-0.3, -0.25) is 9.89 Å². The van der Waals surface area contributed by atoms with Crippen LogP contribution in [-0.2, 0) is 11.3 Å². The molecule has 3 aromatic heterocycles. The van der Waals surface area contributed by atoms with Gasteiger partial charge in [0.25, 0.3) is 5.56 Å². The molecule has 0 radical (unpaired) electrons. The molecular formula is C17H20N6O2. The van der Waals surface area contributed by atoms with Crippen LogP contribution >= 0.6 is 0 Å². The first-order chi connectivity index (χ1) is 12.2. The van der Waals surface area contributed by atoms with Crippen molar-refractivity contribution in [2.24, 2.45) is 0 Å². The summed E-state index contributed by atoms with van der Waals surface area (Å²) in [6.45, 7) is 1.03. The molecule has 2 N–H and O–H groups in total. The van der Waals surface area contributed by atoms with Crippen LogP contribution < -0.4 is 10.9 Å². The van der Waals surface area contributed by atoms with Gasteiger partial charge in [-0.15, -0.1) is 0 Å². The van der Waals surface area contributed by atoms with E-state index in [2.05, 4.69) is 25.5 Å². The predicted molar refractivity (Wildman–Crippen MR) is 94.1 cm³/mol. The average Bonchev–Trinajstić information content (AvgIpc) is 3.01. The molecule has 0 atom stereocenters. The second-order valence-corrected chi connectivity index (χ2v) is 6.25. The zero-order chi connectivity index (χ0) is 17.2. The van der Waals surface area contributed by atoms with E-state index in [0.29, 0.717) is 30.6 Å². The lowest BCUT2D eigenvalue weighted by Gasteiger charge is -2.24. The van der Waals surface area contributed by atoms with Crippen molar-refractivity contribution in [1.29, 1.82) is 0 Å². The normalized spacial score (nSPS) is 14.6. The van der Waals surface area contributed by atoms with Gasteiger partial charge in [0, 0.05) is 37.5 Å². The fraction of sp³-hybridized carbons (Fsp3) is 0.412. The molecule has 0 spiro atoms. The summed E-state index contributed by atoms with van der Waals surface area (Å²) >= 11 is 0. The number of hydrogen-bond donors (Lipinski definition) is 2. The largest absolute Gasteiger partial charge is 0.383 e. The number of methoxy groups -OCH3 is 1. The van der Waals surface area contributed by atoms with Gasteiger partial charge in [0.15, 0.2) is 5.82 Å². The topological polar surface area (TPSA) is 97.7 Å². The van der Waals surface area contributed by atoms with E-state index in [0.717, 1.165) is 29.7 Å². The lowest BCUT2D eigenvalue weighted by atomic mass is 9.85. The Morgan fingerprint density at radius 1 is 1.40 bits per heavy atom. The maximum atomic E-state index is 12.2. The van der Waals surface area contributed by atoms with E-state index in [-0.39, 0.29) is 5.56 Å². The quantitative estimate of drug-likeness (QED) is 0.714. The number of rotatable bonds is 6. The van der Waals surface area contributed by atoms with Crippen LogP contribution in [0.4, 0.5) is 11.5 Å². The van der Waals surface area contributed by atoms with Crippen LogP contribution in [0.25, 0.3) is 11.0 Å². The van der Waals surface area contributed by atoms with Crippen molar-refractivity contribution < 1.29 is 4.74 Å². The monoisotopic (exact) mass is 340 g/mol. The highest BCUT2D eigenvalue weighted by Crippen LogP contribution is 2.36. The summed E-state index contributed by atoms with van der Waals surface area (Å²) in [5.41, 5.74) is 2.13. The van der Waals surface area contributed by atoms with Gasteiger partial charge in [-0.1, -0.05) is 6.42 Å². The van der Waals surface area contributed by atoms with Gasteiger partial charge in [0.1, 0.15) is 16.9 Å². The Balaban J connectivity index is 1.64. The predicted octanol–water partition coefficient (Wildman–Crippen LogP) is 2.17. The van der Waals surface area contributed by atoms with Crippen LogP contribution in [0.5, 0.6) is 0 Å². The molecule has 25 heavy (non-hydrogen) atoms. The second kappa shape index (κ2) is 6.64. The minimum atomic E-state index is -0.0869. The highest BCUT2D eigenvalue weighted by Gasteiger charge is 2.24. The molecule has 0 saturated heterocycles. The molecule has 0 aliphatic heterocycles. The number of ether oxygens (including phenoxy) is 1. The Bertz CT molecular complexity index is 944. The molecule has 3 heterocycles. The lowest BCUT2D eigenvalue weighted by molar-refractivity contribution is 0.186.